The predicted octanol–water partition coefficient (Wildman–Crippen LogP) is 5.71. The summed E-state index contributed by atoms with van der Waals surface area (Å²) >= 11 is 0. The quantitative estimate of drug-likeness (QED) is 0.103. The minimum atomic E-state index is -0.507. The first kappa shape index (κ1) is 47.7. The number of nitrogens with zero attached hydrogens (tertiary/aromatic N) is 8. The molecule has 364 valence electrons. The molecule has 12 rings (SSSR count). The standard InChI is InChI=1S/2C25H27FN6O3/c1-16(33)25-9-6-24(7-10-25,8-11-25)14-28-22(35)20-12-19(31-23-29-15-30-32(20)23)21(34)27-13-17-2-4-18(26)5-3-17;1-16(33)25-8-5-24(6-9-25,7-10-25)14-28-22(35)20-12-19(31-23-29-15-30-32(20)23)21(34)27-13-17-3-2-4-18(26)11-17/h2-5,12,15H,6-11,13-14H2,1H3,(H,27,34)(H,28,35);2-4,11-12,15H,5-10,13-14H2,1H3,(H,27,34)(H,28,35). The van der Waals surface area contributed by atoms with Gasteiger partial charge in [0.15, 0.2) is 0 Å². The molecule has 6 fully saturated rings. The van der Waals surface area contributed by atoms with Gasteiger partial charge in [-0.15, -0.1) is 0 Å². The van der Waals surface area contributed by atoms with Crippen molar-refractivity contribution in [3.63, 3.8) is 0 Å². The number of rotatable bonds is 14. The fourth-order valence-corrected chi connectivity index (χ4v) is 10.8. The Hall–Kier alpha value is -7.38. The molecule has 4 heterocycles. The summed E-state index contributed by atoms with van der Waals surface area (Å²) in [6.07, 6.45) is 13.3. The van der Waals surface area contributed by atoms with Crippen LogP contribution in [0.1, 0.15) is 144 Å². The van der Waals surface area contributed by atoms with Crippen LogP contribution in [0, 0.1) is 33.3 Å². The molecule has 0 unspecified atom stereocenters. The zero-order valence-electron chi connectivity index (χ0n) is 39.0. The molecule has 4 bridgehead atoms. The van der Waals surface area contributed by atoms with Crippen molar-refractivity contribution >= 4 is 46.8 Å². The largest absolute Gasteiger partial charge is 0.350 e. The van der Waals surface area contributed by atoms with Crippen molar-refractivity contribution < 1.29 is 37.5 Å². The molecule has 2 aromatic carbocycles. The van der Waals surface area contributed by atoms with Crippen LogP contribution in [0.2, 0.25) is 0 Å². The number of carbonyl (C=O) groups excluding carboxylic acids is 6. The number of halogens is 2. The molecular weight excluding hydrogens is 903 g/mol. The fourth-order valence-electron chi connectivity index (χ4n) is 10.8. The van der Waals surface area contributed by atoms with E-state index in [1.54, 1.807) is 38.1 Å². The van der Waals surface area contributed by atoms with Gasteiger partial charge in [0.2, 0.25) is 0 Å². The van der Waals surface area contributed by atoms with E-state index in [0.717, 1.165) is 82.6 Å². The third-order valence-corrected chi connectivity index (χ3v) is 15.7. The van der Waals surface area contributed by atoms with Gasteiger partial charge >= 0.3 is 0 Å². The zero-order valence-corrected chi connectivity index (χ0v) is 39.0. The van der Waals surface area contributed by atoms with Crippen molar-refractivity contribution in [2.45, 2.75) is 104 Å². The van der Waals surface area contributed by atoms with Crippen LogP contribution in [0.5, 0.6) is 0 Å². The highest BCUT2D eigenvalue weighted by atomic mass is 19.1. The molecular formula is C50H54F2N12O6. The first-order valence-electron chi connectivity index (χ1n) is 23.6. The van der Waals surface area contributed by atoms with Crippen LogP contribution in [-0.2, 0) is 22.7 Å². The number of hydrogen-bond donors (Lipinski definition) is 4. The average molecular weight is 957 g/mol. The molecule has 20 heteroatoms. The lowest BCUT2D eigenvalue weighted by atomic mass is 9.52. The highest BCUT2D eigenvalue weighted by Crippen LogP contribution is 2.58. The second-order valence-corrected chi connectivity index (χ2v) is 19.7. The maximum absolute atomic E-state index is 13.4. The molecule has 6 aliphatic carbocycles. The molecule has 18 nitrogen and oxygen atoms in total. The maximum atomic E-state index is 13.4. The first-order chi connectivity index (χ1) is 33.6. The van der Waals surface area contributed by atoms with Gasteiger partial charge in [0.1, 0.15) is 58.6 Å². The third kappa shape index (κ3) is 9.76. The van der Waals surface area contributed by atoms with Gasteiger partial charge in [0.05, 0.1) is 0 Å². The van der Waals surface area contributed by atoms with E-state index in [2.05, 4.69) is 51.4 Å². The van der Waals surface area contributed by atoms with Crippen LogP contribution in [-0.4, -0.2) is 87.4 Å². The Morgan fingerprint density at radius 1 is 0.514 bits per heavy atom. The number of amides is 4. The normalized spacial score (nSPS) is 23.3. The summed E-state index contributed by atoms with van der Waals surface area (Å²) in [5.74, 6) is -1.62. The van der Waals surface area contributed by atoms with Gasteiger partial charge in [-0.25, -0.2) is 18.7 Å². The highest BCUT2D eigenvalue weighted by molar-refractivity contribution is 5.99. The number of hydrogen-bond acceptors (Lipinski definition) is 12. The topological polar surface area (TPSA) is 237 Å². The molecule has 4 N–H and O–H groups in total. The van der Waals surface area contributed by atoms with E-state index in [1.165, 1.54) is 58.1 Å². The summed E-state index contributed by atoms with van der Waals surface area (Å²) in [5, 5.41) is 19.7. The van der Waals surface area contributed by atoms with Gasteiger partial charge in [-0.2, -0.15) is 29.2 Å². The van der Waals surface area contributed by atoms with E-state index >= 15 is 0 Å². The summed E-state index contributed by atoms with van der Waals surface area (Å²) < 4.78 is 29.1. The van der Waals surface area contributed by atoms with Gasteiger partial charge < -0.3 is 21.3 Å². The monoisotopic (exact) mass is 956 g/mol. The molecule has 6 saturated carbocycles. The molecule has 6 aliphatic rings. The summed E-state index contributed by atoms with van der Waals surface area (Å²) in [6, 6.07) is 14.5. The van der Waals surface area contributed by atoms with Gasteiger partial charge in [0, 0.05) is 49.1 Å². The van der Waals surface area contributed by atoms with Crippen LogP contribution in [0.4, 0.5) is 8.78 Å². The highest BCUT2D eigenvalue weighted by Gasteiger charge is 2.52. The Bertz CT molecular complexity index is 2980. The lowest BCUT2D eigenvalue weighted by molar-refractivity contribution is -0.136. The second kappa shape index (κ2) is 19.2. The summed E-state index contributed by atoms with van der Waals surface area (Å²) in [6.45, 7) is 4.69. The third-order valence-electron chi connectivity index (χ3n) is 15.7. The maximum Gasteiger partial charge on any atom is 0.270 e. The number of Topliss-reactive ketones (excluding diaryl/α,β-unsaturated/α-hetero) is 2. The molecule has 0 aliphatic heterocycles. The van der Waals surface area contributed by atoms with Crippen molar-refractivity contribution in [2.75, 3.05) is 13.1 Å². The van der Waals surface area contributed by atoms with E-state index in [4.69, 9.17) is 0 Å². The molecule has 4 amide bonds. The van der Waals surface area contributed by atoms with Crippen LogP contribution in [0.25, 0.3) is 11.6 Å². The molecule has 0 saturated heterocycles. The zero-order chi connectivity index (χ0) is 49.3. The number of carbonyl (C=O) groups is 6. The molecule has 0 spiro atoms. The van der Waals surface area contributed by atoms with Crippen molar-refractivity contribution in [1.82, 2.24) is 60.4 Å². The Kier molecular flexibility index (Phi) is 13.1. The Morgan fingerprint density at radius 3 is 1.36 bits per heavy atom. The molecule has 4 aromatic heterocycles. The van der Waals surface area contributed by atoms with Gasteiger partial charge in [-0.3, -0.25) is 28.8 Å². The van der Waals surface area contributed by atoms with Crippen LogP contribution >= 0.6 is 0 Å². The molecule has 0 atom stereocenters. The van der Waals surface area contributed by atoms with Crippen molar-refractivity contribution in [1.29, 1.82) is 0 Å². The van der Waals surface area contributed by atoms with Crippen molar-refractivity contribution in [2.24, 2.45) is 21.7 Å². The van der Waals surface area contributed by atoms with Gasteiger partial charge in [-0.1, -0.05) is 24.3 Å². The number of benzene rings is 2. The van der Waals surface area contributed by atoms with Crippen LogP contribution < -0.4 is 21.3 Å². The minimum Gasteiger partial charge on any atom is -0.350 e. The number of fused-ring (bicyclic) bond motifs is 8. The fraction of sp³-hybridized carbons (Fsp3) is 0.440. The molecule has 70 heavy (non-hydrogen) atoms. The average Bonchev–Trinajstić information content (AvgIpc) is 4.07. The lowest BCUT2D eigenvalue weighted by Crippen LogP contribution is -2.49. The number of aromatic nitrogens is 8. The van der Waals surface area contributed by atoms with E-state index in [-0.39, 0.29) is 104 Å². The predicted molar refractivity (Wildman–Crippen MR) is 248 cm³/mol. The van der Waals surface area contributed by atoms with E-state index in [1.807, 2.05) is 0 Å². The van der Waals surface area contributed by atoms with Crippen LogP contribution in [0.15, 0.2) is 73.3 Å². The first-order valence-corrected chi connectivity index (χ1v) is 23.6. The van der Waals surface area contributed by atoms with Gasteiger partial charge in [-0.05, 0) is 137 Å². The second-order valence-electron chi connectivity index (χ2n) is 19.7. The minimum absolute atomic E-state index is 0.00324. The molecule has 6 aromatic rings. The number of nitrogens with one attached hydrogen (secondary N) is 4. The van der Waals surface area contributed by atoms with Gasteiger partial charge in [0.25, 0.3) is 35.2 Å². The SMILES string of the molecule is CC(=O)C12CCC(CNC(=O)c3cc(C(=O)NCc4ccc(F)cc4)nc4ncnn34)(CC1)CC2.CC(=O)C12CCC(CNC(=O)c3cc(C(=O)NCc4cccc(F)c4)nc4ncnn34)(CC1)CC2. The lowest BCUT2D eigenvalue weighted by Gasteiger charge is -2.52. The van der Waals surface area contributed by atoms with Crippen LogP contribution in [0.3, 0.4) is 0 Å². The van der Waals surface area contributed by atoms with E-state index in [0.29, 0.717) is 18.7 Å². The Balaban J connectivity index is 0.000000174. The van der Waals surface area contributed by atoms with Crippen molar-refractivity contribution in [3.8, 4) is 0 Å². The smallest absolute Gasteiger partial charge is 0.270 e. The number of ketones is 2. The van der Waals surface area contributed by atoms with Crippen molar-refractivity contribution in [3.05, 3.63) is 119 Å². The summed E-state index contributed by atoms with van der Waals surface area (Å²) in [5.41, 5.74) is 1.37. The van der Waals surface area contributed by atoms with E-state index < -0.39 is 11.8 Å². The Morgan fingerprint density at radius 2 is 0.943 bits per heavy atom. The van der Waals surface area contributed by atoms with E-state index in [9.17, 15) is 37.5 Å². The molecule has 0 radical (unpaired) electrons. The summed E-state index contributed by atoms with van der Waals surface area (Å²) in [7, 11) is 0. The Labute approximate surface area is 401 Å². The summed E-state index contributed by atoms with van der Waals surface area (Å²) in [4.78, 5) is 92.6.